The smallest absolute Gasteiger partial charge is 0.230 e. The molecule has 0 radical (unpaired) electrons. The van der Waals surface area contributed by atoms with Gasteiger partial charge in [-0.1, -0.05) is 17.8 Å². The Bertz CT molecular complexity index is 727. The van der Waals surface area contributed by atoms with Gasteiger partial charge in [-0.05, 0) is 38.1 Å². The van der Waals surface area contributed by atoms with Crippen molar-refractivity contribution in [3.63, 3.8) is 0 Å². The van der Waals surface area contributed by atoms with Crippen LogP contribution in [-0.4, -0.2) is 37.7 Å². The highest BCUT2D eigenvalue weighted by atomic mass is 32.1. The van der Waals surface area contributed by atoms with Gasteiger partial charge in [0.2, 0.25) is 10.8 Å². The minimum Gasteiger partial charge on any atom is -0.492 e. The second kappa shape index (κ2) is 5.16. The summed E-state index contributed by atoms with van der Waals surface area (Å²) >= 11 is 1.47. The number of hydrogen-bond acceptors (Lipinski definition) is 6. The largest absolute Gasteiger partial charge is 0.492 e. The van der Waals surface area contributed by atoms with E-state index in [-0.39, 0.29) is 11.9 Å². The van der Waals surface area contributed by atoms with Crippen LogP contribution in [0.15, 0.2) is 29.1 Å². The van der Waals surface area contributed by atoms with Gasteiger partial charge in [0.1, 0.15) is 18.1 Å². The van der Waals surface area contributed by atoms with Crippen molar-refractivity contribution in [3.8, 4) is 5.88 Å². The highest BCUT2D eigenvalue weighted by Gasteiger charge is 2.31. The first kappa shape index (κ1) is 12.8. The average molecular weight is 304 g/mol. The molecule has 3 aromatic heterocycles. The summed E-state index contributed by atoms with van der Waals surface area (Å²) in [5, 5.41) is 14.5. The van der Waals surface area contributed by atoms with Crippen molar-refractivity contribution in [2.45, 2.75) is 25.3 Å². The number of rotatable bonds is 3. The lowest BCUT2D eigenvalue weighted by molar-refractivity contribution is 0.169. The Balaban J connectivity index is 1.81. The zero-order valence-electron chi connectivity index (χ0n) is 11.5. The summed E-state index contributed by atoms with van der Waals surface area (Å²) in [5.41, 5.74) is 0. The van der Waals surface area contributed by atoms with Gasteiger partial charge in [-0.25, -0.2) is 4.98 Å². The van der Waals surface area contributed by atoms with E-state index in [1.54, 1.807) is 6.26 Å². The van der Waals surface area contributed by atoms with Crippen LogP contribution in [-0.2, 0) is 0 Å². The maximum atomic E-state index is 10.5. The molecule has 6 nitrogen and oxygen atoms in total. The Hall–Kier alpha value is -1.86. The number of piperidine rings is 1. The van der Waals surface area contributed by atoms with Gasteiger partial charge in [-0.3, -0.25) is 4.90 Å². The maximum absolute atomic E-state index is 10.5. The number of furan rings is 1. The van der Waals surface area contributed by atoms with Crippen molar-refractivity contribution in [3.05, 3.63) is 35.4 Å². The molecule has 0 aliphatic carbocycles. The Morgan fingerprint density at radius 1 is 1.29 bits per heavy atom. The molecule has 1 atom stereocenters. The third-order valence-electron chi connectivity index (χ3n) is 3.96. The molecule has 1 N–H and O–H groups in total. The summed E-state index contributed by atoms with van der Waals surface area (Å²) < 4.78 is 7.12. The van der Waals surface area contributed by atoms with E-state index in [1.165, 1.54) is 41.4 Å². The first-order valence-electron chi connectivity index (χ1n) is 7.13. The van der Waals surface area contributed by atoms with Crippen LogP contribution >= 0.6 is 11.3 Å². The number of hydrogen-bond donors (Lipinski definition) is 1. The van der Waals surface area contributed by atoms with Gasteiger partial charge < -0.3 is 9.52 Å². The van der Waals surface area contributed by atoms with Crippen LogP contribution in [0.1, 0.15) is 35.9 Å². The summed E-state index contributed by atoms with van der Waals surface area (Å²) in [4.78, 5) is 8.09. The predicted molar refractivity (Wildman–Crippen MR) is 78.5 cm³/mol. The number of fused-ring (bicyclic) bond motifs is 1. The highest BCUT2D eigenvalue weighted by Crippen LogP contribution is 2.40. The normalized spacial score (nSPS) is 18.3. The topological polar surface area (TPSA) is 66.8 Å². The molecular weight excluding hydrogens is 288 g/mol. The van der Waals surface area contributed by atoms with Crippen molar-refractivity contribution >= 4 is 16.3 Å². The van der Waals surface area contributed by atoms with Crippen molar-refractivity contribution in [1.82, 2.24) is 19.5 Å². The van der Waals surface area contributed by atoms with Gasteiger partial charge in [0, 0.05) is 0 Å². The lowest BCUT2D eigenvalue weighted by atomic mass is 10.1. The lowest BCUT2D eigenvalue weighted by Gasteiger charge is -2.32. The lowest BCUT2D eigenvalue weighted by Crippen LogP contribution is -2.33. The van der Waals surface area contributed by atoms with Gasteiger partial charge in [0.25, 0.3) is 0 Å². The van der Waals surface area contributed by atoms with Crippen LogP contribution in [0.2, 0.25) is 0 Å². The predicted octanol–water partition coefficient (Wildman–Crippen LogP) is 2.66. The number of aromatic hydroxyl groups is 1. The van der Waals surface area contributed by atoms with E-state index in [1.807, 2.05) is 12.1 Å². The molecule has 1 saturated heterocycles. The minimum atomic E-state index is -0.0613. The average Bonchev–Trinajstić information content (AvgIpc) is 3.22. The van der Waals surface area contributed by atoms with Gasteiger partial charge in [0.05, 0.1) is 11.1 Å². The molecule has 1 aliphatic rings. The van der Waals surface area contributed by atoms with Crippen LogP contribution in [0.3, 0.4) is 0 Å². The molecule has 1 aliphatic heterocycles. The van der Waals surface area contributed by atoms with Crippen LogP contribution in [0.4, 0.5) is 0 Å². The second-order valence-electron chi connectivity index (χ2n) is 5.26. The van der Waals surface area contributed by atoms with E-state index < -0.39 is 0 Å². The standard InChI is InChI=1S/C14H16N4O2S/c19-13-12(21-14-15-9-16-18(13)14)11(10-5-4-8-20-10)17-6-2-1-3-7-17/h4-5,8-9,11,19H,1-3,6-7H2/t11-/m1/s1. The van der Waals surface area contributed by atoms with Crippen LogP contribution in [0.25, 0.3) is 4.96 Å². The Morgan fingerprint density at radius 2 is 2.14 bits per heavy atom. The van der Waals surface area contributed by atoms with Gasteiger partial charge in [-0.2, -0.15) is 9.61 Å². The first-order valence-corrected chi connectivity index (χ1v) is 7.95. The maximum Gasteiger partial charge on any atom is 0.230 e. The molecule has 0 saturated carbocycles. The molecule has 0 unspecified atom stereocenters. The van der Waals surface area contributed by atoms with E-state index in [9.17, 15) is 5.11 Å². The molecule has 4 heterocycles. The Labute approximate surface area is 125 Å². The summed E-state index contributed by atoms with van der Waals surface area (Å²) in [5.74, 6) is 1.02. The van der Waals surface area contributed by atoms with Crippen LogP contribution in [0.5, 0.6) is 5.88 Å². The molecule has 0 aromatic carbocycles. The fourth-order valence-electron chi connectivity index (χ4n) is 2.97. The van der Waals surface area contributed by atoms with E-state index in [0.717, 1.165) is 23.7 Å². The molecule has 1 fully saturated rings. The molecule has 0 bridgehead atoms. The summed E-state index contributed by atoms with van der Waals surface area (Å²) in [6, 6.07) is 3.79. The van der Waals surface area contributed by atoms with E-state index in [0.29, 0.717) is 4.96 Å². The van der Waals surface area contributed by atoms with E-state index in [4.69, 9.17) is 4.42 Å². The van der Waals surface area contributed by atoms with Crippen molar-refractivity contribution in [1.29, 1.82) is 0 Å². The fourth-order valence-corrected chi connectivity index (χ4v) is 4.04. The molecule has 110 valence electrons. The minimum absolute atomic E-state index is 0.0613. The zero-order chi connectivity index (χ0) is 14.2. The zero-order valence-corrected chi connectivity index (χ0v) is 12.3. The molecule has 7 heteroatoms. The van der Waals surface area contributed by atoms with E-state index in [2.05, 4.69) is 15.0 Å². The van der Waals surface area contributed by atoms with Crippen LogP contribution < -0.4 is 0 Å². The third kappa shape index (κ3) is 2.13. The van der Waals surface area contributed by atoms with Gasteiger partial charge in [0.15, 0.2) is 0 Å². The molecule has 0 spiro atoms. The Morgan fingerprint density at radius 3 is 2.86 bits per heavy atom. The van der Waals surface area contributed by atoms with Crippen molar-refractivity contribution in [2.24, 2.45) is 0 Å². The summed E-state index contributed by atoms with van der Waals surface area (Å²) in [6.07, 6.45) is 6.76. The number of aromatic nitrogens is 3. The summed E-state index contributed by atoms with van der Waals surface area (Å²) in [7, 11) is 0. The SMILES string of the molecule is Oc1c([C@@H](c2ccco2)N2CCCCC2)sc2ncnn12. The Kier molecular flexibility index (Phi) is 3.16. The number of likely N-dealkylation sites (tertiary alicyclic amines) is 1. The van der Waals surface area contributed by atoms with Crippen molar-refractivity contribution in [2.75, 3.05) is 13.1 Å². The molecule has 0 amide bonds. The molecule has 21 heavy (non-hydrogen) atoms. The fraction of sp³-hybridized carbons (Fsp3) is 0.429. The first-order chi connectivity index (χ1) is 10.3. The molecule has 4 rings (SSSR count). The van der Waals surface area contributed by atoms with Gasteiger partial charge in [-0.15, -0.1) is 0 Å². The summed E-state index contributed by atoms with van der Waals surface area (Å²) in [6.45, 7) is 2.02. The monoisotopic (exact) mass is 304 g/mol. The quantitative estimate of drug-likeness (QED) is 0.806. The molecule has 3 aromatic rings. The third-order valence-corrected chi connectivity index (χ3v) is 5.04. The number of nitrogens with zero attached hydrogens (tertiary/aromatic N) is 4. The second-order valence-corrected chi connectivity index (χ2v) is 6.27. The van der Waals surface area contributed by atoms with E-state index >= 15 is 0 Å². The van der Waals surface area contributed by atoms with Crippen molar-refractivity contribution < 1.29 is 9.52 Å². The van der Waals surface area contributed by atoms with Gasteiger partial charge >= 0.3 is 0 Å². The highest BCUT2D eigenvalue weighted by molar-refractivity contribution is 7.17. The number of thiazole rings is 1. The van der Waals surface area contributed by atoms with Crippen LogP contribution in [0, 0.1) is 0 Å². The molecular formula is C14H16N4O2S.